The van der Waals surface area contributed by atoms with Crippen LogP contribution in [0.4, 0.5) is 4.39 Å². The summed E-state index contributed by atoms with van der Waals surface area (Å²) in [5.74, 6) is -2.24. The number of hydrogen-bond donors (Lipinski definition) is 2. The SMILES string of the molecule is O=C(O)CCN(CCO)S(=O)(=O)c1c(F)cccc1Cl. The third-order valence-corrected chi connectivity index (χ3v) is 4.84. The second kappa shape index (κ2) is 6.98. The fourth-order valence-corrected chi connectivity index (χ4v) is 3.54. The predicted octanol–water partition coefficient (Wildman–Crippen LogP) is 0.937. The van der Waals surface area contributed by atoms with Crippen molar-refractivity contribution in [2.75, 3.05) is 19.7 Å². The van der Waals surface area contributed by atoms with Crippen LogP contribution in [0.5, 0.6) is 0 Å². The van der Waals surface area contributed by atoms with Crippen molar-refractivity contribution in [1.29, 1.82) is 0 Å². The molecule has 0 bridgehead atoms. The maximum Gasteiger partial charge on any atom is 0.304 e. The summed E-state index contributed by atoms with van der Waals surface area (Å²) in [6.45, 7) is -1.26. The molecule has 0 aromatic heterocycles. The molecule has 0 amide bonds. The molecule has 0 saturated heterocycles. The molecule has 0 saturated carbocycles. The Morgan fingerprint density at radius 1 is 1.35 bits per heavy atom. The summed E-state index contributed by atoms with van der Waals surface area (Å²) in [5.41, 5.74) is 0. The van der Waals surface area contributed by atoms with Gasteiger partial charge in [0.15, 0.2) is 0 Å². The van der Waals surface area contributed by atoms with Crippen LogP contribution in [0.3, 0.4) is 0 Å². The Labute approximate surface area is 120 Å². The standard InChI is InChI=1S/C11H13ClFNO5S/c12-8-2-1-3-9(13)11(8)20(18,19)14(6-7-15)5-4-10(16)17/h1-3,15H,4-7H2,(H,16,17). The normalized spacial score (nSPS) is 11.8. The van der Waals surface area contributed by atoms with E-state index in [1.807, 2.05) is 0 Å². The third-order valence-electron chi connectivity index (χ3n) is 2.44. The van der Waals surface area contributed by atoms with Crippen molar-refractivity contribution < 1.29 is 27.8 Å². The summed E-state index contributed by atoms with van der Waals surface area (Å²) in [6.07, 6.45) is -0.467. The molecule has 9 heteroatoms. The zero-order chi connectivity index (χ0) is 15.3. The number of carboxylic acids is 1. The van der Waals surface area contributed by atoms with E-state index in [9.17, 15) is 17.6 Å². The molecule has 2 N–H and O–H groups in total. The van der Waals surface area contributed by atoms with E-state index >= 15 is 0 Å². The molecule has 0 aliphatic carbocycles. The first-order valence-corrected chi connectivity index (χ1v) is 7.39. The van der Waals surface area contributed by atoms with Gasteiger partial charge in [-0.25, -0.2) is 12.8 Å². The summed E-state index contributed by atoms with van der Waals surface area (Å²) in [6, 6.07) is 3.41. The first-order valence-electron chi connectivity index (χ1n) is 5.57. The minimum Gasteiger partial charge on any atom is -0.481 e. The second-order valence-corrected chi connectivity index (χ2v) is 6.10. The Morgan fingerprint density at radius 3 is 2.50 bits per heavy atom. The molecule has 0 unspecified atom stereocenters. The van der Waals surface area contributed by atoms with Crippen molar-refractivity contribution in [2.24, 2.45) is 0 Å². The number of halogens is 2. The molecule has 0 heterocycles. The molecule has 0 radical (unpaired) electrons. The lowest BCUT2D eigenvalue weighted by Crippen LogP contribution is -2.36. The van der Waals surface area contributed by atoms with Gasteiger partial charge in [-0.15, -0.1) is 0 Å². The summed E-state index contributed by atoms with van der Waals surface area (Å²) in [7, 11) is -4.32. The quantitative estimate of drug-likeness (QED) is 0.778. The van der Waals surface area contributed by atoms with E-state index in [-0.39, 0.29) is 18.1 Å². The molecule has 112 valence electrons. The summed E-state index contributed by atoms with van der Waals surface area (Å²) in [5, 5.41) is 17.2. The number of aliphatic hydroxyl groups is 1. The summed E-state index contributed by atoms with van der Waals surface area (Å²) in [4.78, 5) is 9.80. The highest BCUT2D eigenvalue weighted by Crippen LogP contribution is 2.27. The molecular formula is C11H13ClFNO5S. The highest BCUT2D eigenvalue weighted by molar-refractivity contribution is 7.89. The number of hydrogen-bond acceptors (Lipinski definition) is 4. The minimum atomic E-state index is -4.32. The van der Waals surface area contributed by atoms with Gasteiger partial charge in [0.1, 0.15) is 10.7 Å². The van der Waals surface area contributed by atoms with Crippen LogP contribution in [-0.4, -0.2) is 48.6 Å². The van der Waals surface area contributed by atoms with Gasteiger partial charge in [0, 0.05) is 13.1 Å². The van der Waals surface area contributed by atoms with Crippen molar-refractivity contribution in [2.45, 2.75) is 11.3 Å². The van der Waals surface area contributed by atoms with Crippen LogP contribution in [0.2, 0.25) is 5.02 Å². The van der Waals surface area contributed by atoms with Crippen LogP contribution in [0.15, 0.2) is 23.1 Å². The average Bonchev–Trinajstić information content (AvgIpc) is 2.33. The number of aliphatic hydroxyl groups excluding tert-OH is 1. The van der Waals surface area contributed by atoms with Gasteiger partial charge in [0.05, 0.1) is 18.1 Å². The highest BCUT2D eigenvalue weighted by atomic mass is 35.5. The minimum absolute atomic E-state index is 0.303. The van der Waals surface area contributed by atoms with Gasteiger partial charge in [0.2, 0.25) is 10.0 Å². The van der Waals surface area contributed by atoms with Gasteiger partial charge in [0.25, 0.3) is 0 Å². The van der Waals surface area contributed by atoms with E-state index < -0.39 is 39.7 Å². The average molecular weight is 326 g/mol. The fourth-order valence-electron chi connectivity index (χ4n) is 1.54. The zero-order valence-electron chi connectivity index (χ0n) is 10.3. The number of sulfonamides is 1. The first kappa shape index (κ1) is 16.8. The fraction of sp³-hybridized carbons (Fsp3) is 0.364. The molecule has 1 aromatic rings. The smallest absolute Gasteiger partial charge is 0.304 e. The predicted molar refractivity (Wildman–Crippen MR) is 69.5 cm³/mol. The monoisotopic (exact) mass is 325 g/mol. The second-order valence-electron chi connectivity index (χ2n) is 3.82. The van der Waals surface area contributed by atoms with Crippen molar-refractivity contribution in [3.8, 4) is 0 Å². The van der Waals surface area contributed by atoms with Crippen LogP contribution < -0.4 is 0 Å². The Hall–Kier alpha value is -1.22. The van der Waals surface area contributed by atoms with Crippen LogP contribution in [0.25, 0.3) is 0 Å². The topological polar surface area (TPSA) is 94.9 Å². The van der Waals surface area contributed by atoms with Gasteiger partial charge < -0.3 is 10.2 Å². The molecule has 0 spiro atoms. The summed E-state index contributed by atoms with van der Waals surface area (Å²) < 4.78 is 38.9. The van der Waals surface area contributed by atoms with Crippen LogP contribution >= 0.6 is 11.6 Å². The van der Waals surface area contributed by atoms with E-state index in [0.29, 0.717) is 4.31 Å². The Balaban J connectivity index is 3.19. The number of rotatable bonds is 7. The molecule has 1 rings (SSSR count). The third kappa shape index (κ3) is 3.89. The summed E-state index contributed by atoms with van der Waals surface area (Å²) >= 11 is 5.70. The van der Waals surface area contributed by atoms with E-state index in [1.165, 1.54) is 12.1 Å². The molecule has 0 atom stereocenters. The van der Waals surface area contributed by atoms with Gasteiger partial charge in [-0.1, -0.05) is 17.7 Å². The number of aliphatic carboxylic acids is 1. The lowest BCUT2D eigenvalue weighted by atomic mass is 10.3. The largest absolute Gasteiger partial charge is 0.481 e. The molecule has 6 nitrogen and oxygen atoms in total. The van der Waals surface area contributed by atoms with Gasteiger partial charge in [-0.05, 0) is 12.1 Å². The number of carbonyl (C=O) groups is 1. The highest BCUT2D eigenvalue weighted by Gasteiger charge is 2.29. The molecule has 0 aliphatic heterocycles. The van der Waals surface area contributed by atoms with E-state index in [1.54, 1.807) is 0 Å². The lowest BCUT2D eigenvalue weighted by Gasteiger charge is -2.21. The molecule has 0 fully saturated rings. The molecule has 0 aliphatic rings. The van der Waals surface area contributed by atoms with Crippen molar-refractivity contribution >= 4 is 27.6 Å². The van der Waals surface area contributed by atoms with Crippen LogP contribution in [0, 0.1) is 5.82 Å². The van der Waals surface area contributed by atoms with Crippen LogP contribution in [-0.2, 0) is 14.8 Å². The first-order chi connectivity index (χ1) is 9.30. The lowest BCUT2D eigenvalue weighted by molar-refractivity contribution is -0.137. The molecule has 1 aromatic carbocycles. The maximum atomic E-state index is 13.7. The van der Waals surface area contributed by atoms with Gasteiger partial charge in [-0.2, -0.15) is 4.31 Å². The maximum absolute atomic E-state index is 13.7. The van der Waals surface area contributed by atoms with E-state index in [0.717, 1.165) is 6.07 Å². The van der Waals surface area contributed by atoms with Crippen LogP contribution in [0.1, 0.15) is 6.42 Å². The number of carboxylic acid groups (broad SMARTS) is 1. The van der Waals surface area contributed by atoms with E-state index in [2.05, 4.69) is 0 Å². The van der Waals surface area contributed by atoms with Gasteiger partial charge in [-0.3, -0.25) is 4.79 Å². The Bertz CT molecular complexity index is 572. The molecule has 20 heavy (non-hydrogen) atoms. The van der Waals surface area contributed by atoms with Crippen molar-refractivity contribution in [1.82, 2.24) is 4.31 Å². The van der Waals surface area contributed by atoms with Crippen molar-refractivity contribution in [3.63, 3.8) is 0 Å². The van der Waals surface area contributed by atoms with Crippen molar-refractivity contribution in [3.05, 3.63) is 29.0 Å². The number of benzene rings is 1. The van der Waals surface area contributed by atoms with Gasteiger partial charge >= 0.3 is 5.97 Å². The molecular weight excluding hydrogens is 313 g/mol. The zero-order valence-corrected chi connectivity index (χ0v) is 11.9. The Kier molecular flexibility index (Phi) is 5.88. The number of nitrogens with zero attached hydrogens (tertiary/aromatic N) is 1. The van der Waals surface area contributed by atoms with E-state index in [4.69, 9.17) is 21.8 Å². The Morgan fingerprint density at radius 2 is 2.00 bits per heavy atom.